The van der Waals surface area contributed by atoms with Crippen molar-refractivity contribution >= 4 is 38.6 Å². The van der Waals surface area contributed by atoms with E-state index in [2.05, 4.69) is 20.5 Å². The summed E-state index contributed by atoms with van der Waals surface area (Å²) in [6, 6.07) is 11.9. The number of anilines is 3. The fraction of sp³-hybridized carbons (Fsp3) is 0.273. The van der Waals surface area contributed by atoms with Gasteiger partial charge in [0, 0.05) is 39.4 Å². The van der Waals surface area contributed by atoms with Gasteiger partial charge in [-0.15, -0.1) is 10.2 Å². The number of benzene rings is 1. The van der Waals surface area contributed by atoms with Gasteiger partial charge in [0.15, 0.2) is 17.2 Å². The number of nitrogens with one attached hydrogen (secondary N) is 1. The third-order valence-electron chi connectivity index (χ3n) is 5.78. The fourth-order valence-corrected chi connectivity index (χ4v) is 5.25. The lowest BCUT2D eigenvalue weighted by atomic mass is 10.3. The number of aryl methyl sites for hydroxylation is 2. The van der Waals surface area contributed by atoms with Crippen LogP contribution >= 0.6 is 0 Å². The quantitative estimate of drug-likeness (QED) is 0.454. The number of oxazole rings is 1. The van der Waals surface area contributed by atoms with Crippen LogP contribution in [-0.4, -0.2) is 58.7 Å². The number of hydrogen-bond acceptors (Lipinski definition) is 9. The minimum Gasteiger partial charge on any atom is -0.408 e. The Labute approximate surface area is 195 Å². The molecule has 5 rings (SSSR count). The molecule has 0 unspecified atom stereocenters. The van der Waals surface area contributed by atoms with Crippen LogP contribution in [0.2, 0.25) is 0 Å². The van der Waals surface area contributed by atoms with E-state index >= 15 is 0 Å². The maximum absolute atomic E-state index is 13.2. The SMILES string of the molecule is Cc1ccc(Nc2ccc(N3CCN(S(=O)(=O)c4ccc5oc(=O)n(C)c5c4)CC3)nn2)nc1. The summed E-state index contributed by atoms with van der Waals surface area (Å²) in [6.07, 6.45) is 1.77. The molecule has 4 aromatic rings. The van der Waals surface area contributed by atoms with Crippen molar-refractivity contribution in [3.8, 4) is 0 Å². The predicted molar refractivity (Wildman–Crippen MR) is 127 cm³/mol. The Balaban J connectivity index is 1.25. The normalized spacial score (nSPS) is 15.1. The van der Waals surface area contributed by atoms with Crippen molar-refractivity contribution in [2.45, 2.75) is 11.8 Å². The smallest absolute Gasteiger partial charge is 0.408 e. The molecule has 1 aliphatic rings. The van der Waals surface area contributed by atoms with Crippen LogP contribution in [0, 0.1) is 6.92 Å². The van der Waals surface area contributed by atoms with Gasteiger partial charge in [-0.3, -0.25) is 4.57 Å². The topological polar surface area (TPSA) is 126 Å². The lowest BCUT2D eigenvalue weighted by Crippen LogP contribution is -2.49. The molecule has 0 radical (unpaired) electrons. The van der Waals surface area contributed by atoms with Gasteiger partial charge in [0.05, 0.1) is 10.4 Å². The van der Waals surface area contributed by atoms with E-state index in [1.807, 2.05) is 36.1 Å². The van der Waals surface area contributed by atoms with Crippen LogP contribution in [0.25, 0.3) is 11.1 Å². The number of sulfonamides is 1. The Morgan fingerprint density at radius 3 is 2.41 bits per heavy atom. The average Bonchev–Trinajstić information content (AvgIpc) is 3.14. The lowest BCUT2D eigenvalue weighted by molar-refractivity contribution is 0.383. The summed E-state index contributed by atoms with van der Waals surface area (Å²) in [4.78, 5) is 18.1. The summed E-state index contributed by atoms with van der Waals surface area (Å²) in [6.45, 7) is 3.54. The largest absolute Gasteiger partial charge is 0.419 e. The molecule has 4 heterocycles. The van der Waals surface area contributed by atoms with E-state index in [1.54, 1.807) is 13.2 Å². The van der Waals surface area contributed by atoms with E-state index in [0.717, 1.165) is 5.56 Å². The zero-order valence-corrected chi connectivity index (χ0v) is 19.5. The van der Waals surface area contributed by atoms with E-state index in [1.165, 1.54) is 27.1 Å². The maximum Gasteiger partial charge on any atom is 0.419 e. The summed E-state index contributed by atoms with van der Waals surface area (Å²) in [5.41, 5.74) is 1.86. The van der Waals surface area contributed by atoms with E-state index in [9.17, 15) is 13.2 Å². The summed E-state index contributed by atoms with van der Waals surface area (Å²) in [5.74, 6) is 1.40. The van der Waals surface area contributed by atoms with Crippen LogP contribution in [0.3, 0.4) is 0 Å². The Kier molecular flexibility index (Phi) is 5.54. The first kappa shape index (κ1) is 22.0. The highest BCUT2D eigenvalue weighted by Crippen LogP contribution is 2.23. The molecule has 1 N–H and O–H groups in total. The van der Waals surface area contributed by atoms with Crippen molar-refractivity contribution < 1.29 is 12.8 Å². The molecule has 0 amide bonds. The monoisotopic (exact) mass is 481 g/mol. The number of aromatic nitrogens is 4. The number of rotatable bonds is 5. The van der Waals surface area contributed by atoms with Crippen molar-refractivity contribution in [2.24, 2.45) is 7.05 Å². The molecule has 1 aliphatic heterocycles. The highest BCUT2D eigenvalue weighted by atomic mass is 32.2. The van der Waals surface area contributed by atoms with Crippen molar-refractivity contribution in [3.05, 3.63) is 64.8 Å². The molecule has 34 heavy (non-hydrogen) atoms. The zero-order chi connectivity index (χ0) is 23.9. The molecular formula is C22H23N7O4S. The summed E-state index contributed by atoms with van der Waals surface area (Å²) < 4.78 is 34.2. The molecule has 11 nitrogen and oxygen atoms in total. The number of hydrogen-bond donors (Lipinski definition) is 1. The predicted octanol–water partition coefficient (Wildman–Crippen LogP) is 1.88. The molecule has 1 aromatic carbocycles. The molecule has 1 saturated heterocycles. The molecule has 0 bridgehead atoms. The standard InChI is InChI=1S/C22H23N7O4S/c1-15-3-6-19(23-14-15)24-20-7-8-21(26-25-20)28-9-11-29(12-10-28)34(31,32)16-4-5-18-17(13-16)27(2)22(30)33-18/h3-8,13-14H,9-12H2,1-2H3,(H,23,24,25). The van der Waals surface area contributed by atoms with Gasteiger partial charge in [0.1, 0.15) is 5.82 Å². The molecule has 3 aromatic heterocycles. The maximum atomic E-state index is 13.2. The number of pyridine rings is 1. The molecule has 12 heteroatoms. The van der Waals surface area contributed by atoms with E-state index in [0.29, 0.717) is 54.7 Å². The second-order valence-corrected chi connectivity index (χ2v) is 10.0. The molecule has 176 valence electrons. The van der Waals surface area contributed by atoms with Gasteiger partial charge >= 0.3 is 5.76 Å². The highest BCUT2D eigenvalue weighted by molar-refractivity contribution is 7.89. The Hall–Kier alpha value is -3.77. The minimum atomic E-state index is -3.71. The number of piperazine rings is 1. The van der Waals surface area contributed by atoms with Gasteiger partial charge in [-0.05, 0) is 48.9 Å². The first-order chi connectivity index (χ1) is 16.3. The summed E-state index contributed by atoms with van der Waals surface area (Å²) >= 11 is 0. The Morgan fingerprint density at radius 2 is 1.74 bits per heavy atom. The van der Waals surface area contributed by atoms with Crippen molar-refractivity contribution in [1.29, 1.82) is 0 Å². The molecule has 1 fully saturated rings. The summed E-state index contributed by atoms with van der Waals surface area (Å²) in [5, 5.41) is 11.6. The van der Waals surface area contributed by atoms with E-state index in [-0.39, 0.29) is 4.90 Å². The average molecular weight is 482 g/mol. The number of fused-ring (bicyclic) bond motifs is 1. The molecule has 0 atom stereocenters. The van der Waals surface area contributed by atoms with Crippen molar-refractivity contribution in [1.82, 2.24) is 24.1 Å². The van der Waals surface area contributed by atoms with Crippen molar-refractivity contribution in [3.63, 3.8) is 0 Å². The van der Waals surface area contributed by atoms with Gasteiger partial charge in [0.2, 0.25) is 10.0 Å². The molecule has 0 aliphatic carbocycles. The van der Waals surface area contributed by atoms with Gasteiger partial charge < -0.3 is 14.6 Å². The first-order valence-electron chi connectivity index (χ1n) is 10.7. The van der Waals surface area contributed by atoms with Crippen LogP contribution in [0.15, 0.2) is 62.8 Å². The van der Waals surface area contributed by atoms with Crippen LogP contribution in [-0.2, 0) is 17.1 Å². The molecule has 0 spiro atoms. The number of nitrogens with zero attached hydrogens (tertiary/aromatic N) is 6. The van der Waals surface area contributed by atoms with Crippen LogP contribution < -0.4 is 16.0 Å². The van der Waals surface area contributed by atoms with Crippen LogP contribution in [0.4, 0.5) is 17.5 Å². The Bertz CT molecular complexity index is 1490. The van der Waals surface area contributed by atoms with E-state index < -0.39 is 15.8 Å². The minimum absolute atomic E-state index is 0.129. The van der Waals surface area contributed by atoms with Crippen molar-refractivity contribution in [2.75, 3.05) is 36.4 Å². The first-order valence-corrected chi connectivity index (χ1v) is 12.1. The van der Waals surface area contributed by atoms with Gasteiger partial charge in [-0.25, -0.2) is 18.2 Å². The third-order valence-corrected chi connectivity index (χ3v) is 7.68. The second kappa shape index (κ2) is 8.54. The fourth-order valence-electron chi connectivity index (χ4n) is 3.81. The molecular weight excluding hydrogens is 458 g/mol. The third kappa shape index (κ3) is 4.13. The van der Waals surface area contributed by atoms with Gasteiger partial charge in [-0.1, -0.05) is 6.07 Å². The molecule has 0 saturated carbocycles. The van der Waals surface area contributed by atoms with Crippen LogP contribution in [0.1, 0.15) is 5.56 Å². The van der Waals surface area contributed by atoms with Gasteiger partial charge in [0.25, 0.3) is 0 Å². The summed E-state index contributed by atoms with van der Waals surface area (Å²) in [7, 11) is -2.17. The Morgan fingerprint density at radius 1 is 0.971 bits per heavy atom. The van der Waals surface area contributed by atoms with E-state index in [4.69, 9.17) is 4.42 Å². The zero-order valence-electron chi connectivity index (χ0n) is 18.7. The van der Waals surface area contributed by atoms with Crippen LogP contribution in [0.5, 0.6) is 0 Å². The lowest BCUT2D eigenvalue weighted by Gasteiger charge is -2.34. The van der Waals surface area contributed by atoms with Gasteiger partial charge in [-0.2, -0.15) is 4.31 Å². The second-order valence-electron chi connectivity index (χ2n) is 8.07. The highest BCUT2D eigenvalue weighted by Gasteiger charge is 2.29.